The molecular weight excluding hydrogens is 348 g/mol. The van der Waals surface area contributed by atoms with E-state index in [1.54, 1.807) is 22.8 Å². The maximum Gasteiger partial charge on any atom is 0.252 e. The fraction of sp³-hybridized carbons (Fsp3) is 0.238. The maximum atomic E-state index is 13.0. The molecule has 3 aromatic rings. The van der Waals surface area contributed by atoms with Gasteiger partial charge in [0.1, 0.15) is 6.04 Å². The molecule has 1 aromatic heterocycles. The van der Waals surface area contributed by atoms with Crippen molar-refractivity contribution in [3.05, 3.63) is 75.0 Å². The number of aromatic nitrogens is 1. The number of fused-ring (bicyclic) bond motifs is 1. The lowest BCUT2D eigenvalue weighted by Gasteiger charge is -2.21. The standard InChI is InChI=1S/C21H21ClN2O2/c1-4-18(21(26)23-17-12-15(22)10-9-13(17)2)24-19-8-6-5-7-16(19)14(3)11-20(24)25/h5-12,18H,4H2,1-3H3,(H,23,26). The van der Waals surface area contributed by atoms with Gasteiger partial charge in [-0.1, -0.05) is 42.8 Å². The highest BCUT2D eigenvalue weighted by Gasteiger charge is 2.22. The van der Waals surface area contributed by atoms with Gasteiger partial charge >= 0.3 is 0 Å². The van der Waals surface area contributed by atoms with Crippen molar-refractivity contribution in [3.63, 3.8) is 0 Å². The van der Waals surface area contributed by atoms with Gasteiger partial charge in [-0.3, -0.25) is 14.2 Å². The summed E-state index contributed by atoms with van der Waals surface area (Å²) in [7, 11) is 0. The van der Waals surface area contributed by atoms with E-state index in [2.05, 4.69) is 5.32 Å². The number of carbonyl (C=O) groups is 1. The van der Waals surface area contributed by atoms with E-state index in [0.29, 0.717) is 17.1 Å². The van der Waals surface area contributed by atoms with Gasteiger partial charge in [-0.05, 0) is 49.6 Å². The van der Waals surface area contributed by atoms with Crippen LogP contribution in [0, 0.1) is 13.8 Å². The molecule has 26 heavy (non-hydrogen) atoms. The molecule has 3 rings (SSSR count). The molecular formula is C21H21ClN2O2. The Hall–Kier alpha value is -2.59. The lowest BCUT2D eigenvalue weighted by Crippen LogP contribution is -2.33. The Morgan fingerprint density at radius 2 is 1.85 bits per heavy atom. The van der Waals surface area contributed by atoms with Gasteiger partial charge in [0.05, 0.1) is 5.52 Å². The minimum Gasteiger partial charge on any atom is -0.324 e. The summed E-state index contributed by atoms with van der Waals surface area (Å²) in [6.07, 6.45) is 0.498. The number of benzene rings is 2. The molecule has 0 fully saturated rings. The molecule has 1 unspecified atom stereocenters. The Kier molecular flexibility index (Phi) is 5.14. The van der Waals surface area contributed by atoms with Crippen LogP contribution in [0.15, 0.2) is 53.3 Å². The first-order chi connectivity index (χ1) is 12.4. The van der Waals surface area contributed by atoms with E-state index in [9.17, 15) is 9.59 Å². The Labute approximate surface area is 157 Å². The summed E-state index contributed by atoms with van der Waals surface area (Å²) in [6, 6.07) is 14.0. The molecule has 2 aromatic carbocycles. The number of carbonyl (C=O) groups excluding carboxylic acids is 1. The molecule has 1 amide bonds. The van der Waals surface area contributed by atoms with Crippen LogP contribution in [0.5, 0.6) is 0 Å². The van der Waals surface area contributed by atoms with Crippen LogP contribution in [0.4, 0.5) is 5.69 Å². The molecule has 0 saturated carbocycles. The van der Waals surface area contributed by atoms with Crippen LogP contribution in [-0.2, 0) is 4.79 Å². The van der Waals surface area contributed by atoms with E-state index in [-0.39, 0.29) is 11.5 Å². The summed E-state index contributed by atoms with van der Waals surface area (Å²) in [5.41, 5.74) is 3.07. The predicted octanol–water partition coefficient (Wildman–Crippen LogP) is 4.86. The van der Waals surface area contributed by atoms with E-state index in [0.717, 1.165) is 22.0 Å². The second kappa shape index (κ2) is 7.34. The summed E-state index contributed by atoms with van der Waals surface area (Å²) >= 11 is 6.04. The number of hydrogen-bond acceptors (Lipinski definition) is 2. The number of halogens is 1. The van der Waals surface area contributed by atoms with E-state index < -0.39 is 6.04 Å². The third kappa shape index (κ3) is 3.37. The van der Waals surface area contributed by atoms with Crippen molar-refractivity contribution in [1.29, 1.82) is 0 Å². The van der Waals surface area contributed by atoms with Crippen LogP contribution in [0.2, 0.25) is 5.02 Å². The van der Waals surface area contributed by atoms with Gasteiger partial charge < -0.3 is 5.32 Å². The number of nitrogens with zero attached hydrogens (tertiary/aromatic N) is 1. The smallest absolute Gasteiger partial charge is 0.252 e. The molecule has 1 N–H and O–H groups in total. The summed E-state index contributed by atoms with van der Waals surface area (Å²) in [4.78, 5) is 25.7. The number of aryl methyl sites for hydroxylation is 2. The summed E-state index contributed by atoms with van der Waals surface area (Å²) in [5, 5.41) is 4.45. The quantitative estimate of drug-likeness (QED) is 0.714. The van der Waals surface area contributed by atoms with Gasteiger partial charge in [-0.15, -0.1) is 0 Å². The number of amides is 1. The second-order valence-corrected chi connectivity index (χ2v) is 6.86. The van der Waals surface area contributed by atoms with Crippen LogP contribution in [-0.4, -0.2) is 10.5 Å². The molecule has 4 nitrogen and oxygen atoms in total. The monoisotopic (exact) mass is 368 g/mol. The first-order valence-corrected chi connectivity index (χ1v) is 8.98. The number of rotatable bonds is 4. The highest BCUT2D eigenvalue weighted by atomic mass is 35.5. The van der Waals surface area contributed by atoms with Crippen molar-refractivity contribution in [3.8, 4) is 0 Å². The Balaban J connectivity index is 2.07. The third-order valence-corrected chi connectivity index (χ3v) is 4.86. The SMILES string of the molecule is CCC(C(=O)Nc1cc(Cl)ccc1C)n1c(=O)cc(C)c2ccccc21. The Morgan fingerprint density at radius 3 is 2.58 bits per heavy atom. The number of para-hydroxylation sites is 1. The van der Waals surface area contributed by atoms with Crippen LogP contribution < -0.4 is 10.9 Å². The number of pyridine rings is 1. The minimum atomic E-state index is -0.605. The average Bonchev–Trinajstić information content (AvgIpc) is 2.61. The predicted molar refractivity (Wildman–Crippen MR) is 107 cm³/mol. The fourth-order valence-electron chi connectivity index (χ4n) is 3.22. The first-order valence-electron chi connectivity index (χ1n) is 8.60. The largest absolute Gasteiger partial charge is 0.324 e. The summed E-state index contributed by atoms with van der Waals surface area (Å²) < 4.78 is 1.58. The topological polar surface area (TPSA) is 51.1 Å². The number of nitrogens with one attached hydrogen (secondary N) is 1. The highest BCUT2D eigenvalue weighted by Crippen LogP contribution is 2.24. The van der Waals surface area contributed by atoms with E-state index in [1.807, 2.05) is 51.1 Å². The molecule has 0 saturated heterocycles. The van der Waals surface area contributed by atoms with Crippen molar-refractivity contribution >= 4 is 34.1 Å². The van der Waals surface area contributed by atoms with Crippen molar-refractivity contribution in [2.75, 3.05) is 5.32 Å². The maximum absolute atomic E-state index is 13.0. The van der Waals surface area contributed by atoms with Crippen LogP contribution in [0.1, 0.15) is 30.5 Å². The molecule has 0 radical (unpaired) electrons. The van der Waals surface area contributed by atoms with Crippen LogP contribution in [0.25, 0.3) is 10.9 Å². The van der Waals surface area contributed by atoms with Gasteiger partial charge in [-0.2, -0.15) is 0 Å². The number of anilines is 1. The molecule has 0 aliphatic heterocycles. The van der Waals surface area contributed by atoms with Gasteiger partial charge in [0, 0.05) is 22.2 Å². The Morgan fingerprint density at radius 1 is 1.12 bits per heavy atom. The molecule has 0 spiro atoms. The zero-order valence-corrected chi connectivity index (χ0v) is 15.8. The molecule has 5 heteroatoms. The summed E-state index contributed by atoms with van der Waals surface area (Å²) in [5.74, 6) is -0.228. The normalized spacial score (nSPS) is 12.2. The number of hydrogen-bond donors (Lipinski definition) is 1. The molecule has 1 atom stereocenters. The van der Waals surface area contributed by atoms with Gasteiger partial charge in [-0.25, -0.2) is 0 Å². The minimum absolute atomic E-state index is 0.175. The Bertz CT molecular complexity index is 1040. The van der Waals surface area contributed by atoms with Crippen molar-refractivity contribution in [2.45, 2.75) is 33.2 Å². The zero-order valence-electron chi connectivity index (χ0n) is 15.0. The van der Waals surface area contributed by atoms with Crippen LogP contribution in [0.3, 0.4) is 0 Å². The zero-order chi connectivity index (χ0) is 18.8. The molecule has 0 aliphatic carbocycles. The van der Waals surface area contributed by atoms with E-state index in [4.69, 9.17) is 11.6 Å². The highest BCUT2D eigenvalue weighted by molar-refractivity contribution is 6.31. The first kappa shape index (κ1) is 18.2. The fourth-order valence-corrected chi connectivity index (χ4v) is 3.39. The molecule has 1 heterocycles. The lowest BCUT2D eigenvalue weighted by atomic mass is 10.1. The molecule has 0 aliphatic rings. The second-order valence-electron chi connectivity index (χ2n) is 6.43. The van der Waals surface area contributed by atoms with Gasteiger partial charge in [0.25, 0.3) is 5.56 Å². The summed E-state index contributed by atoms with van der Waals surface area (Å²) in [6.45, 7) is 5.71. The van der Waals surface area contributed by atoms with Crippen LogP contribution >= 0.6 is 11.6 Å². The molecule has 0 bridgehead atoms. The average molecular weight is 369 g/mol. The van der Waals surface area contributed by atoms with Crippen molar-refractivity contribution in [2.24, 2.45) is 0 Å². The van der Waals surface area contributed by atoms with E-state index >= 15 is 0 Å². The lowest BCUT2D eigenvalue weighted by molar-refractivity contribution is -0.119. The van der Waals surface area contributed by atoms with Gasteiger partial charge in [0.2, 0.25) is 5.91 Å². The third-order valence-electron chi connectivity index (χ3n) is 4.62. The van der Waals surface area contributed by atoms with E-state index in [1.165, 1.54) is 0 Å². The van der Waals surface area contributed by atoms with Crippen molar-refractivity contribution in [1.82, 2.24) is 4.57 Å². The van der Waals surface area contributed by atoms with Gasteiger partial charge in [0.15, 0.2) is 0 Å². The molecule has 134 valence electrons. The van der Waals surface area contributed by atoms with Crippen molar-refractivity contribution < 1.29 is 4.79 Å².